The van der Waals surface area contributed by atoms with Crippen molar-refractivity contribution in [2.45, 2.75) is 33.1 Å². The first-order valence-electron chi connectivity index (χ1n) is 10.2. The average molecular weight is 403 g/mol. The van der Waals surface area contributed by atoms with Gasteiger partial charge in [0.15, 0.2) is 11.5 Å². The highest BCUT2D eigenvalue weighted by molar-refractivity contribution is 6.06. The summed E-state index contributed by atoms with van der Waals surface area (Å²) in [5.41, 5.74) is 6.16. The molecule has 1 aliphatic rings. The summed E-state index contributed by atoms with van der Waals surface area (Å²) in [5.74, 6) is 1.48. The summed E-state index contributed by atoms with van der Waals surface area (Å²) < 4.78 is 10.8. The van der Waals surface area contributed by atoms with E-state index in [2.05, 4.69) is 29.4 Å². The Morgan fingerprint density at radius 1 is 1.20 bits per heavy atom. The fourth-order valence-electron chi connectivity index (χ4n) is 3.58. The SMILES string of the molecule is CCCc1cc(C(=O)NN=C[C@@H](C)Cc2ccc3c(c2)OCO3)c2ccccc2n1. The number of aromatic nitrogens is 1. The van der Waals surface area contributed by atoms with Crippen LogP contribution >= 0.6 is 0 Å². The van der Waals surface area contributed by atoms with Crippen molar-refractivity contribution in [3.63, 3.8) is 0 Å². The van der Waals surface area contributed by atoms with Crippen molar-refractivity contribution >= 4 is 23.0 Å². The Hall–Kier alpha value is -3.41. The zero-order valence-corrected chi connectivity index (χ0v) is 17.2. The molecular formula is C24H25N3O3. The van der Waals surface area contributed by atoms with Crippen LogP contribution in [-0.2, 0) is 12.8 Å². The third kappa shape index (κ3) is 4.43. The van der Waals surface area contributed by atoms with Gasteiger partial charge in [-0.05, 0) is 48.6 Å². The molecule has 1 aromatic heterocycles. The Morgan fingerprint density at radius 3 is 2.90 bits per heavy atom. The number of ether oxygens (including phenoxy) is 2. The maximum atomic E-state index is 12.8. The maximum absolute atomic E-state index is 12.8. The normalized spacial score (nSPS) is 13.7. The van der Waals surface area contributed by atoms with Gasteiger partial charge in [0.2, 0.25) is 6.79 Å². The molecule has 0 bridgehead atoms. The molecule has 0 saturated carbocycles. The lowest BCUT2D eigenvalue weighted by Gasteiger charge is -2.09. The molecule has 3 aromatic rings. The molecule has 4 rings (SSSR count). The second-order valence-electron chi connectivity index (χ2n) is 7.52. The summed E-state index contributed by atoms with van der Waals surface area (Å²) in [4.78, 5) is 17.5. The van der Waals surface area contributed by atoms with Crippen LogP contribution in [0.1, 0.15) is 41.9 Å². The number of fused-ring (bicyclic) bond motifs is 2. The number of benzene rings is 2. The van der Waals surface area contributed by atoms with E-state index in [0.717, 1.165) is 52.9 Å². The van der Waals surface area contributed by atoms with E-state index in [0.29, 0.717) is 5.56 Å². The van der Waals surface area contributed by atoms with Gasteiger partial charge in [-0.15, -0.1) is 0 Å². The monoisotopic (exact) mass is 403 g/mol. The van der Waals surface area contributed by atoms with Crippen LogP contribution in [0.4, 0.5) is 0 Å². The first-order chi connectivity index (χ1) is 14.6. The van der Waals surface area contributed by atoms with E-state index in [9.17, 15) is 4.79 Å². The van der Waals surface area contributed by atoms with E-state index >= 15 is 0 Å². The molecule has 6 heteroatoms. The topological polar surface area (TPSA) is 72.8 Å². The minimum atomic E-state index is -0.225. The molecule has 0 spiro atoms. The van der Waals surface area contributed by atoms with Crippen molar-refractivity contribution in [3.8, 4) is 11.5 Å². The van der Waals surface area contributed by atoms with Gasteiger partial charge in [-0.2, -0.15) is 5.10 Å². The molecule has 154 valence electrons. The number of para-hydroxylation sites is 1. The fourth-order valence-corrected chi connectivity index (χ4v) is 3.58. The van der Waals surface area contributed by atoms with Crippen LogP contribution in [0.5, 0.6) is 11.5 Å². The molecule has 0 aliphatic carbocycles. The highest BCUT2D eigenvalue weighted by Gasteiger charge is 2.15. The predicted octanol–water partition coefficient (Wildman–Crippen LogP) is 4.51. The highest BCUT2D eigenvalue weighted by Crippen LogP contribution is 2.33. The van der Waals surface area contributed by atoms with Gasteiger partial charge in [-0.1, -0.05) is 44.5 Å². The molecule has 0 radical (unpaired) electrons. The van der Waals surface area contributed by atoms with Crippen molar-refractivity contribution < 1.29 is 14.3 Å². The van der Waals surface area contributed by atoms with Gasteiger partial charge >= 0.3 is 0 Å². The summed E-state index contributed by atoms with van der Waals surface area (Å²) in [5, 5.41) is 5.03. The number of amides is 1. The molecule has 0 saturated heterocycles. The van der Waals surface area contributed by atoms with E-state index in [1.54, 1.807) is 6.21 Å². The zero-order chi connectivity index (χ0) is 20.9. The minimum Gasteiger partial charge on any atom is -0.454 e. The van der Waals surface area contributed by atoms with Crippen LogP contribution in [0.2, 0.25) is 0 Å². The summed E-state index contributed by atoms with van der Waals surface area (Å²) in [7, 11) is 0. The zero-order valence-electron chi connectivity index (χ0n) is 17.2. The molecule has 1 amide bonds. The van der Waals surface area contributed by atoms with Gasteiger partial charge in [0.05, 0.1) is 11.1 Å². The van der Waals surface area contributed by atoms with E-state index in [4.69, 9.17) is 9.47 Å². The Labute approximate surface area is 175 Å². The Morgan fingerprint density at radius 2 is 2.03 bits per heavy atom. The number of aryl methyl sites for hydroxylation is 1. The first-order valence-corrected chi connectivity index (χ1v) is 10.2. The number of carbonyl (C=O) groups excluding carboxylic acids is 1. The maximum Gasteiger partial charge on any atom is 0.272 e. The van der Waals surface area contributed by atoms with E-state index in [1.165, 1.54) is 0 Å². The first kappa shape index (κ1) is 19.9. The number of hydrazone groups is 1. The smallest absolute Gasteiger partial charge is 0.272 e. The molecular weight excluding hydrogens is 378 g/mol. The molecule has 2 aromatic carbocycles. The van der Waals surface area contributed by atoms with E-state index < -0.39 is 0 Å². The second-order valence-corrected chi connectivity index (χ2v) is 7.52. The van der Waals surface area contributed by atoms with Crippen molar-refractivity contribution in [1.82, 2.24) is 10.4 Å². The van der Waals surface area contributed by atoms with Crippen molar-refractivity contribution in [2.75, 3.05) is 6.79 Å². The number of nitrogens with one attached hydrogen (secondary N) is 1. The van der Waals surface area contributed by atoms with Crippen molar-refractivity contribution in [2.24, 2.45) is 11.0 Å². The van der Waals surface area contributed by atoms with Crippen LogP contribution < -0.4 is 14.9 Å². The van der Waals surface area contributed by atoms with Gasteiger partial charge in [0.25, 0.3) is 5.91 Å². The molecule has 6 nitrogen and oxygen atoms in total. The third-order valence-electron chi connectivity index (χ3n) is 5.01. The number of hydrogen-bond acceptors (Lipinski definition) is 5. The summed E-state index contributed by atoms with van der Waals surface area (Å²) in [6.45, 7) is 4.43. The van der Waals surface area contributed by atoms with Crippen LogP contribution in [0.3, 0.4) is 0 Å². The predicted molar refractivity (Wildman–Crippen MR) is 117 cm³/mol. The van der Waals surface area contributed by atoms with Gasteiger partial charge in [-0.25, -0.2) is 5.43 Å². The van der Waals surface area contributed by atoms with Gasteiger partial charge in [0.1, 0.15) is 0 Å². The molecule has 30 heavy (non-hydrogen) atoms. The van der Waals surface area contributed by atoms with E-state index in [1.807, 2.05) is 48.5 Å². The molecule has 2 heterocycles. The largest absolute Gasteiger partial charge is 0.454 e. The lowest BCUT2D eigenvalue weighted by molar-refractivity contribution is 0.0956. The molecule has 1 N–H and O–H groups in total. The molecule has 0 fully saturated rings. The van der Waals surface area contributed by atoms with Crippen molar-refractivity contribution in [1.29, 1.82) is 0 Å². The van der Waals surface area contributed by atoms with Crippen LogP contribution in [0.15, 0.2) is 53.6 Å². The number of carbonyl (C=O) groups is 1. The molecule has 1 atom stereocenters. The third-order valence-corrected chi connectivity index (χ3v) is 5.01. The molecule has 1 aliphatic heterocycles. The highest BCUT2D eigenvalue weighted by atomic mass is 16.7. The Balaban J connectivity index is 1.43. The van der Waals surface area contributed by atoms with Crippen LogP contribution in [0.25, 0.3) is 10.9 Å². The quantitative estimate of drug-likeness (QED) is 0.465. The van der Waals surface area contributed by atoms with Gasteiger partial charge in [0, 0.05) is 17.3 Å². The summed E-state index contributed by atoms with van der Waals surface area (Å²) in [6, 6.07) is 15.5. The van der Waals surface area contributed by atoms with Gasteiger partial charge < -0.3 is 9.47 Å². The number of nitrogens with zero attached hydrogens (tertiary/aromatic N) is 2. The fraction of sp³-hybridized carbons (Fsp3) is 0.292. The van der Waals surface area contributed by atoms with Crippen LogP contribution in [-0.4, -0.2) is 23.9 Å². The van der Waals surface area contributed by atoms with Gasteiger partial charge in [-0.3, -0.25) is 9.78 Å². The summed E-state index contributed by atoms with van der Waals surface area (Å²) in [6.07, 6.45) is 4.36. The van der Waals surface area contributed by atoms with Crippen LogP contribution in [0, 0.1) is 5.92 Å². The molecule has 0 unspecified atom stereocenters. The number of rotatable bonds is 7. The second kappa shape index (κ2) is 8.95. The van der Waals surface area contributed by atoms with Crippen molar-refractivity contribution in [3.05, 3.63) is 65.4 Å². The number of pyridine rings is 1. The summed E-state index contributed by atoms with van der Waals surface area (Å²) >= 11 is 0. The Bertz CT molecular complexity index is 1090. The minimum absolute atomic E-state index is 0.149. The lowest BCUT2D eigenvalue weighted by Crippen LogP contribution is -2.19. The lowest BCUT2D eigenvalue weighted by atomic mass is 10.0. The average Bonchev–Trinajstić information content (AvgIpc) is 3.21. The Kier molecular flexibility index (Phi) is 5.93. The van der Waals surface area contributed by atoms with E-state index in [-0.39, 0.29) is 18.6 Å². The number of hydrogen-bond donors (Lipinski definition) is 1. The standard InChI is InChI=1S/C24H25N3O3/c1-3-6-18-13-20(19-7-4-5-8-21(19)26-18)24(28)27-25-14-16(2)11-17-9-10-22-23(12-17)30-15-29-22/h4-5,7-10,12-14,16H,3,6,11,15H2,1-2H3,(H,27,28)/t16-/m0/s1.